The normalized spacial score (nSPS) is 34.0. The minimum absolute atomic E-state index is 0.0829. The van der Waals surface area contributed by atoms with Crippen LogP contribution in [0.5, 0.6) is 0 Å². The molecule has 0 radical (unpaired) electrons. The summed E-state index contributed by atoms with van der Waals surface area (Å²) in [5, 5.41) is 261. The molecule has 788 valence electrons. The standard InChI is InChI=1S/C90H156N4O42/c1-7-9-11-13-15-17-19-21-22-24-26-28-30-32-34-36-64(110)94-53(54(105)35-33-31-29-27-25-23-20-18-16-14-12-10-8-2)47-125-83-74(117)73(116)76(62(45-99)127-83)129-84-75(118)81(77(63(46-100)128-84)130-82-52(37-48(3)101)68(111)70(113)59(42-96)126-82)136-90(87(123)124)40-57(108)67(93-51(6)104)80(135-90)72(115)61(44-98)132-89(86(121)122)39-56(107)66(92-50(5)103)79(134-89)71(114)60(43-97)131-88(85(119)120)38-55(106)65(91-49(4)102)78(133-88)69(112)58(109)41-95/h33,35,52-63,65-84,95-100,105-109,111-118H,7-32,34,36-47H2,1-6H3,(H,91,102)(H,92,103)(H,93,104)(H,94,110)(H,119,120)(H,121,122)(H,123,124). The summed E-state index contributed by atoms with van der Waals surface area (Å²) in [7, 11) is 0. The van der Waals surface area contributed by atoms with Crippen molar-refractivity contribution >= 4 is 47.3 Å². The third-order valence-corrected chi connectivity index (χ3v) is 25.8. The molecule has 4 amide bonds. The molecule has 0 saturated carbocycles. The van der Waals surface area contributed by atoms with Crippen LogP contribution in [-0.2, 0) is 95.2 Å². The SMILES string of the molecule is CCCCCCCCCCCCCC=CC(O)C(COC1OC(CO)C(OC2OC(CO)C(OC3OC(CO)C(O)C(O)C3CC(C)=O)C(OC3(C(=O)O)CC(O)C(NC(C)=O)C(C(O)C(CO)OC4(C(=O)O)CC(O)C(NC(C)=O)C(C(O)C(CO)OC5(C(=O)O)CC(O)C(NC(C)=O)C(C(O)C(O)CO)O5)O4)O3)C2O)C(O)C1O)NC(=O)CCCCCCCCCCCCCCCCC. The van der Waals surface area contributed by atoms with Crippen molar-refractivity contribution in [1.29, 1.82) is 0 Å². The van der Waals surface area contributed by atoms with Crippen LogP contribution in [0.3, 0.4) is 0 Å². The first kappa shape index (κ1) is 119. The average molecular weight is 1970 g/mol. The Morgan fingerprint density at radius 1 is 0.419 bits per heavy atom. The predicted octanol–water partition coefficient (Wildman–Crippen LogP) is -3.43. The van der Waals surface area contributed by atoms with Crippen molar-refractivity contribution in [3.05, 3.63) is 12.2 Å². The molecule has 0 aromatic carbocycles. The highest BCUT2D eigenvalue weighted by Gasteiger charge is 2.65. The molecule has 6 fully saturated rings. The molecule has 0 aromatic rings. The number of carboxylic acid groups (broad SMARTS) is 3. The van der Waals surface area contributed by atoms with E-state index in [1.165, 1.54) is 102 Å². The number of Topliss-reactive ketones (excluding diaryl/α,β-unsaturated/α-hetero) is 1. The fourth-order valence-electron chi connectivity index (χ4n) is 18.3. The molecular formula is C90H156N4O42. The molecule has 6 aliphatic heterocycles. The number of unbranched alkanes of at least 4 members (excludes halogenated alkanes) is 25. The predicted molar refractivity (Wildman–Crippen MR) is 470 cm³/mol. The first-order valence-electron chi connectivity index (χ1n) is 48.1. The first-order valence-corrected chi connectivity index (χ1v) is 48.1. The fraction of sp³-hybridized carbons (Fsp3) is 0.889. The van der Waals surface area contributed by atoms with Gasteiger partial charge in [-0.1, -0.05) is 180 Å². The van der Waals surface area contributed by atoms with Crippen molar-refractivity contribution in [2.75, 3.05) is 46.2 Å². The smallest absolute Gasteiger partial charge is 0.364 e. The Kier molecular flexibility index (Phi) is 52.1. The Morgan fingerprint density at radius 2 is 0.801 bits per heavy atom. The van der Waals surface area contributed by atoms with E-state index in [9.17, 15) is 151 Å². The zero-order chi connectivity index (χ0) is 101. The number of carbonyl (C=O) groups is 8. The van der Waals surface area contributed by atoms with Gasteiger partial charge in [0, 0.05) is 58.8 Å². The van der Waals surface area contributed by atoms with Crippen molar-refractivity contribution in [1.82, 2.24) is 21.3 Å². The highest BCUT2D eigenvalue weighted by atomic mass is 16.8. The fourth-order valence-corrected chi connectivity index (χ4v) is 18.3. The van der Waals surface area contributed by atoms with E-state index in [4.69, 9.17) is 56.8 Å². The topological polar surface area (TPSA) is 741 Å². The minimum atomic E-state index is -3.71. The number of nitrogens with one attached hydrogen (secondary N) is 4. The average Bonchev–Trinajstić information content (AvgIpc) is 0.571. The summed E-state index contributed by atoms with van der Waals surface area (Å²) in [5.74, 6) is -23.6. The number of hydrogen-bond acceptors (Lipinski definition) is 39. The zero-order valence-corrected chi connectivity index (χ0v) is 78.7. The maximum atomic E-state index is 14.4. The van der Waals surface area contributed by atoms with Crippen molar-refractivity contribution in [2.45, 2.75) is 454 Å². The second kappa shape index (κ2) is 59.5. The quantitative estimate of drug-likeness (QED) is 0.0208. The summed E-state index contributed by atoms with van der Waals surface area (Å²) in [6.45, 7) is -0.602. The number of rotatable bonds is 64. The lowest BCUT2D eigenvalue weighted by molar-refractivity contribution is -0.404. The molecule has 0 aromatic heterocycles. The number of carbonyl (C=O) groups excluding carboxylic acids is 5. The molecule has 6 saturated heterocycles. The van der Waals surface area contributed by atoms with Gasteiger partial charge in [0.2, 0.25) is 23.6 Å². The molecular weight excluding hydrogens is 1810 g/mol. The lowest BCUT2D eigenvalue weighted by atomic mass is 9.86. The molecule has 35 atom stereocenters. The molecule has 6 heterocycles. The van der Waals surface area contributed by atoms with Crippen molar-refractivity contribution in [3.63, 3.8) is 0 Å². The number of amides is 4. The maximum Gasteiger partial charge on any atom is 0.364 e. The van der Waals surface area contributed by atoms with Crippen LogP contribution in [0.15, 0.2) is 12.2 Å². The third-order valence-electron chi connectivity index (χ3n) is 25.8. The van der Waals surface area contributed by atoms with Gasteiger partial charge in [0.25, 0.3) is 17.4 Å². The van der Waals surface area contributed by atoms with Gasteiger partial charge in [-0.05, 0) is 26.2 Å². The van der Waals surface area contributed by atoms with Crippen LogP contribution >= 0.6 is 0 Å². The van der Waals surface area contributed by atoms with Gasteiger partial charge in [0.15, 0.2) is 18.9 Å². The number of ketones is 1. The van der Waals surface area contributed by atoms with E-state index in [1.54, 1.807) is 6.08 Å². The summed E-state index contributed by atoms with van der Waals surface area (Å²) >= 11 is 0. The Hall–Kier alpha value is -5.54. The van der Waals surface area contributed by atoms with Gasteiger partial charge in [-0.25, -0.2) is 14.4 Å². The number of aliphatic hydroxyl groups is 19. The Bertz CT molecular complexity index is 3570. The van der Waals surface area contributed by atoms with E-state index >= 15 is 0 Å². The van der Waals surface area contributed by atoms with Crippen LogP contribution in [-0.4, -0.2) is 413 Å². The van der Waals surface area contributed by atoms with Gasteiger partial charge in [0.05, 0.1) is 101 Å². The second-order valence-electron chi connectivity index (χ2n) is 36.7. The molecule has 26 N–H and O–H groups in total. The van der Waals surface area contributed by atoms with E-state index in [-0.39, 0.29) is 6.42 Å². The molecule has 0 aliphatic carbocycles. The van der Waals surface area contributed by atoms with E-state index < -0.39 is 332 Å². The van der Waals surface area contributed by atoms with Crippen LogP contribution < -0.4 is 21.3 Å². The number of hydrogen-bond donors (Lipinski definition) is 26. The first-order chi connectivity index (χ1) is 64.6. The Morgan fingerprint density at radius 3 is 1.21 bits per heavy atom. The van der Waals surface area contributed by atoms with Crippen molar-refractivity contribution in [2.24, 2.45) is 5.92 Å². The van der Waals surface area contributed by atoms with Gasteiger partial charge in [0.1, 0.15) is 122 Å². The van der Waals surface area contributed by atoms with Crippen LogP contribution in [0.1, 0.15) is 247 Å². The molecule has 0 bridgehead atoms. The summed E-state index contributed by atoms with van der Waals surface area (Å²) in [4.78, 5) is 107. The molecule has 35 unspecified atom stereocenters. The van der Waals surface area contributed by atoms with Gasteiger partial charge in [-0.2, -0.15) is 0 Å². The van der Waals surface area contributed by atoms with Crippen LogP contribution in [0.25, 0.3) is 0 Å². The number of aliphatic hydroxyl groups excluding tert-OH is 19. The second-order valence-corrected chi connectivity index (χ2v) is 36.7. The minimum Gasteiger partial charge on any atom is -0.477 e. The molecule has 46 nitrogen and oxygen atoms in total. The summed E-state index contributed by atoms with van der Waals surface area (Å²) in [5.41, 5.74) is 0. The molecule has 6 rings (SSSR count). The number of aliphatic carboxylic acids is 3. The summed E-state index contributed by atoms with van der Waals surface area (Å²) in [6.07, 6.45) is -34.1. The van der Waals surface area contributed by atoms with Crippen LogP contribution in [0.2, 0.25) is 0 Å². The van der Waals surface area contributed by atoms with E-state index in [1.807, 2.05) is 0 Å². The maximum absolute atomic E-state index is 14.4. The summed E-state index contributed by atoms with van der Waals surface area (Å²) < 4.78 is 72.0. The van der Waals surface area contributed by atoms with E-state index in [0.29, 0.717) is 12.8 Å². The lowest BCUT2D eigenvalue weighted by Crippen LogP contribution is -2.72. The van der Waals surface area contributed by atoms with Gasteiger partial charge < -0.3 is 195 Å². The Labute approximate surface area is 791 Å². The van der Waals surface area contributed by atoms with Crippen molar-refractivity contribution < 1.29 is 208 Å². The van der Waals surface area contributed by atoms with Gasteiger partial charge in [-0.3, -0.25) is 19.2 Å². The van der Waals surface area contributed by atoms with Gasteiger partial charge >= 0.3 is 17.9 Å². The lowest BCUT2D eigenvalue weighted by Gasteiger charge is -2.53. The van der Waals surface area contributed by atoms with Crippen LogP contribution in [0.4, 0.5) is 0 Å². The van der Waals surface area contributed by atoms with Gasteiger partial charge in [-0.15, -0.1) is 0 Å². The summed E-state index contributed by atoms with van der Waals surface area (Å²) in [6, 6.07) is -7.29. The number of ether oxygens (including phenoxy) is 12. The third kappa shape index (κ3) is 34.4. The highest BCUT2D eigenvalue weighted by Crippen LogP contribution is 2.45. The molecule has 6 aliphatic rings. The van der Waals surface area contributed by atoms with E-state index in [2.05, 4.69) is 35.1 Å². The van der Waals surface area contributed by atoms with E-state index in [0.717, 1.165) is 91.9 Å². The monoisotopic (exact) mass is 1970 g/mol. The zero-order valence-electron chi connectivity index (χ0n) is 78.7. The molecule has 46 heteroatoms. The molecule has 0 spiro atoms. The molecule has 136 heavy (non-hydrogen) atoms. The van der Waals surface area contributed by atoms with Crippen molar-refractivity contribution in [3.8, 4) is 0 Å². The number of allylic oxidation sites excluding steroid dienone is 1. The highest BCUT2D eigenvalue weighted by molar-refractivity contribution is 5.79. The largest absolute Gasteiger partial charge is 0.477 e. The number of carboxylic acids is 3. The Balaban J connectivity index is 1.32. The van der Waals surface area contributed by atoms with Crippen LogP contribution in [0, 0.1) is 5.92 Å².